The first-order valence-corrected chi connectivity index (χ1v) is 6.68. The van der Waals surface area contributed by atoms with E-state index in [2.05, 4.69) is 12.0 Å². The zero-order valence-corrected chi connectivity index (χ0v) is 12.8. The SMILES string of the molecule is CCCN(C)c1cnn(CC(C)(C)C(=O)OC)c(=O)c1. The second-order valence-electron chi connectivity index (χ2n) is 5.51. The molecule has 0 unspecified atom stereocenters. The molecule has 0 bridgehead atoms. The molecule has 112 valence electrons. The van der Waals surface area contributed by atoms with Crippen LogP contribution in [-0.4, -0.2) is 36.5 Å². The maximum absolute atomic E-state index is 12.1. The molecule has 20 heavy (non-hydrogen) atoms. The number of rotatable bonds is 6. The first kappa shape index (κ1) is 16.2. The van der Waals surface area contributed by atoms with Crippen LogP contribution in [0, 0.1) is 5.41 Å². The number of esters is 1. The van der Waals surface area contributed by atoms with Gasteiger partial charge in [0.2, 0.25) is 0 Å². The minimum absolute atomic E-state index is 0.191. The van der Waals surface area contributed by atoms with E-state index < -0.39 is 5.41 Å². The number of anilines is 1. The van der Waals surface area contributed by atoms with Crippen molar-refractivity contribution in [3.8, 4) is 0 Å². The summed E-state index contributed by atoms with van der Waals surface area (Å²) in [7, 11) is 3.26. The van der Waals surface area contributed by atoms with Crippen LogP contribution in [0.4, 0.5) is 5.69 Å². The summed E-state index contributed by atoms with van der Waals surface area (Å²) >= 11 is 0. The number of methoxy groups -OCH3 is 1. The van der Waals surface area contributed by atoms with Gasteiger partial charge in [0.05, 0.1) is 31.0 Å². The van der Waals surface area contributed by atoms with Crippen LogP contribution in [0.15, 0.2) is 17.1 Å². The van der Waals surface area contributed by atoms with E-state index in [1.165, 1.54) is 17.9 Å². The molecule has 6 heteroatoms. The van der Waals surface area contributed by atoms with Gasteiger partial charge in [-0.05, 0) is 20.3 Å². The second-order valence-corrected chi connectivity index (χ2v) is 5.51. The number of carbonyl (C=O) groups is 1. The Morgan fingerprint density at radius 3 is 2.65 bits per heavy atom. The largest absolute Gasteiger partial charge is 0.469 e. The van der Waals surface area contributed by atoms with Gasteiger partial charge >= 0.3 is 5.97 Å². The van der Waals surface area contributed by atoms with Gasteiger partial charge in [-0.1, -0.05) is 6.92 Å². The van der Waals surface area contributed by atoms with Crippen molar-refractivity contribution >= 4 is 11.7 Å². The van der Waals surface area contributed by atoms with E-state index in [1.807, 2.05) is 11.9 Å². The molecular weight excluding hydrogens is 258 g/mol. The molecule has 0 aliphatic heterocycles. The smallest absolute Gasteiger partial charge is 0.313 e. The van der Waals surface area contributed by atoms with Gasteiger partial charge in [0.25, 0.3) is 5.56 Å². The van der Waals surface area contributed by atoms with Crippen molar-refractivity contribution in [1.29, 1.82) is 0 Å². The Hall–Kier alpha value is -1.85. The Kier molecular flexibility index (Phi) is 5.30. The molecule has 0 aromatic carbocycles. The summed E-state index contributed by atoms with van der Waals surface area (Å²) < 4.78 is 6.02. The van der Waals surface area contributed by atoms with Crippen molar-refractivity contribution < 1.29 is 9.53 Å². The Morgan fingerprint density at radius 1 is 1.50 bits per heavy atom. The Morgan fingerprint density at radius 2 is 2.15 bits per heavy atom. The van der Waals surface area contributed by atoms with Crippen LogP contribution >= 0.6 is 0 Å². The highest BCUT2D eigenvalue weighted by Crippen LogP contribution is 2.19. The van der Waals surface area contributed by atoms with E-state index in [0.717, 1.165) is 18.7 Å². The molecule has 0 fully saturated rings. The fourth-order valence-electron chi connectivity index (χ4n) is 1.93. The highest BCUT2D eigenvalue weighted by atomic mass is 16.5. The topological polar surface area (TPSA) is 64.4 Å². The van der Waals surface area contributed by atoms with E-state index in [1.54, 1.807) is 20.0 Å². The summed E-state index contributed by atoms with van der Waals surface area (Å²) in [6.45, 7) is 6.58. The summed E-state index contributed by atoms with van der Waals surface area (Å²) in [5.41, 5.74) is -0.228. The Bertz CT molecular complexity index is 523. The fourth-order valence-corrected chi connectivity index (χ4v) is 1.93. The molecule has 0 saturated heterocycles. The van der Waals surface area contributed by atoms with Gasteiger partial charge in [0, 0.05) is 19.7 Å². The van der Waals surface area contributed by atoms with E-state index >= 15 is 0 Å². The molecule has 1 aromatic rings. The third-order valence-electron chi connectivity index (χ3n) is 3.14. The molecule has 1 aromatic heterocycles. The van der Waals surface area contributed by atoms with Gasteiger partial charge in [0.1, 0.15) is 0 Å². The van der Waals surface area contributed by atoms with Gasteiger partial charge in [-0.2, -0.15) is 5.10 Å². The molecule has 0 atom stereocenters. The molecule has 0 aliphatic rings. The lowest BCUT2D eigenvalue weighted by Gasteiger charge is -2.22. The van der Waals surface area contributed by atoms with Crippen molar-refractivity contribution in [3.63, 3.8) is 0 Å². The normalized spacial score (nSPS) is 11.2. The van der Waals surface area contributed by atoms with Crippen molar-refractivity contribution in [2.75, 3.05) is 25.6 Å². The predicted molar refractivity (Wildman–Crippen MR) is 77.9 cm³/mol. The van der Waals surface area contributed by atoms with Crippen molar-refractivity contribution in [3.05, 3.63) is 22.6 Å². The number of aromatic nitrogens is 2. The highest BCUT2D eigenvalue weighted by Gasteiger charge is 2.30. The zero-order chi connectivity index (χ0) is 15.3. The molecule has 0 spiro atoms. The molecule has 0 saturated carbocycles. The molecule has 1 rings (SSSR count). The van der Waals surface area contributed by atoms with Gasteiger partial charge in [0.15, 0.2) is 0 Å². The van der Waals surface area contributed by atoms with Crippen LogP contribution in [0.3, 0.4) is 0 Å². The van der Waals surface area contributed by atoms with Crippen molar-refractivity contribution in [1.82, 2.24) is 9.78 Å². The summed E-state index contributed by atoms with van der Waals surface area (Å²) in [4.78, 5) is 25.7. The molecule has 1 heterocycles. The van der Waals surface area contributed by atoms with Crippen LogP contribution < -0.4 is 10.5 Å². The highest BCUT2D eigenvalue weighted by molar-refractivity contribution is 5.75. The lowest BCUT2D eigenvalue weighted by Crippen LogP contribution is -2.36. The average Bonchev–Trinajstić information content (AvgIpc) is 2.40. The van der Waals surface area contributed by atoms with Gasteiger partial charge in [-0.15, -0.1) is 0 Å². The summed E-state index contributed by atoms with van der Waals surface area (Å²) in [5.74, 6) is -0.363. The van der Waals surface area contributed by atoms with E-state index in [0.29, 0.717) is 0 Å². The minimum Gasteiger partial charge on any atom is -0.469 e. The third kappa shape index (κ3) is 3.82. The Labute approximate surface area is 119 Å². The molecule has 0 amide bonds. The zero-order valence-electron chi connectivity index (χ0n) is 12.8. The first-order valence-electron chi connectivity index (χ1n) is 6.68. The van der Waals surface area contributed by atoms with Crippen LogP contribution in [0.5, 0.6) is 0 Å². The number of carbonyl (C=O) groups excluding carboxylic acids is 1. The van der Waals surface area contributed by atoms with Crippen LogP contribution in [0.25, 0.3) is 0 Å². The van der Waals surface area contributed by atoms with Gasteiger partial charge in [-0.25, -0.2) is 4.68 Å². The molecule has 0 radical (unpaired) electrons. The average molecular weight is 281 g/mol. The monoisotopic (exact) mass is 281 g/mol. The maximum Gasteiger partial charge on any atom is 0.313 e. The van der Waals surface area contributed by atoms with Crippen LogP contribution in [0.2, 0.25) is 0 Å². The van der Waals surface area contributed by atoms with E-state index in [9.17, 15) is 9.59 Å². The minimum atomic E-state index is -0.789. The van der Waals surface area contributed by atoms with E-state index in [-0.39, 0.29) is 18.1 Å². The van der Waals surface area contributed by atoms with Crippen LogP contribution in [-0.2, 0) is 16.1 Å². The summed E-state index contributed by atoms with van der Waals surface area (Å²) in [5, 5.41) is 4.14. The van der Waals surface area contributed by atoms with Gasteiger partial charge < -0.3 is 9.64 Å². The van der Waals surface area contributed by atoms with Crippen molar-refractivity contribution in [2.45, 2.75) is 33.7 Å². The molecule has 0 aliphatic carbocycles. The standard InChI is InChI=1S/C14H23N3O3/c1-6-7-16(4)11-8-12(18)17(15-9-11)10-14(2,3)13(19)20-5/h8-9H,6-7,10H2,1-5H3. The first-order chi connectivity index (χ1) is 9.31. The van der Waals surface area contributed by atoms with Crippen molar-refractivity contribution in [2.24, 2.45) is 5.41 Å². The summed E-state index contributed by atoms with van der Waals surface area (Å²) in [6, 6.07) is 1.54. The predicted octanol–water partition coefficient (Wildman–Crippen LogP) is 1.29. The molecule has 0 N–H and O–H groups in total. The summed E-state index contributed by atoms with van der Waals surface area (Å²) in [6.07, 6.45) is 2.64. The van der Waals surface area contributed by atoms with Gasteiger partial charge in [-0.3, -0.25) is 9.59 Å². The number of hydrogen-bond donors (Lipinski definition) is 0. The molecule has 6 nitrogen and oxygen atoms in total. The second kappa shape index (κ2) is 6.54. The lowest BCUT2D eigenvalue weighted by molar-refractivity contribution is -0.151. The Balaban J connectivity index is 2.94. The third-order valence-corrected chi connectivity index (χ3v) is 3.14. The van der Waals surface area contributed by atoms with E-state index in [4.69, 9.17) is 4.74 Å². The quantitative estimate of drug-likeness (QED) is 0.735. The number of ether oxygens (including phenoxy) is 1. The fraction of sp³-hybridized carbons (Fsp3) is 0.643. The van der Waals surface area contributed by atoms with Crippen LogP contribution in [0.1, 0.15) is 27.2 Å². The lowest BCUT2D eigenvalue weighted by atomic mass is 9.94. The number of hydrogen-bond acceptors (Lipinski definition) is 5. The molecular formula is C14H23N3O3. The maximum atomic E-state index is 12.1. The number of nitrogens with zero attached hydrogens (tertiary/aromatic N) is 3.